The predicted molar refractivity (Wildman–Crippen MR) is 89.7 cm³/mol. The summed E-state index contributed by atoms with van der Waals surface area (Å²) in [6.07, 6.45) is -0.567. The molecule has 0 aromatic heterocycles. The van der Waals surface area contributed by atoms with Crippen molar-refractivity contribution in [2.75, 3.05) is 11.9 Å². The third-order valence-electron chi connectivity index (χ3n) is 3.60. The Labute approximate surface area is 131 Å². The van der Waals surface area contributed by atoms with Crippen molar-refractivity contribution in [3.05, 3.63) is 59.2 Å². The summed E-state index contributed by atoms with van der Waals surface area (Å²) in [7, 11) is 0. The van der Waals surface area contributed by atoms with E-state index < -0.39 is 6.10 Å². The van der Waals surface area contributed by atoms with E-state index in [1.165, 1.54) is 5.56 Å². The number of aliphatic hydroxyl groups is 1. The average molecular weight is 298 g/mol. The minimum Gasteiger partial charge on any atom is -0.392 e. The van der Waals surface area contributed by atoms with Gasteiger partial charge in [0.2, 0.25) is 0 Å². The first-order valence-corrected chi connectivity index (χ1v) is 7.37. The average Bonchev–Trinajstić information content (AvgIpc) is 2.50. The molecular weight excluding hydrogens is 276 g/mol. The molecule has 0 saturated heterocycles. The van der Waals surface area contributed by atoms with Crippen LogP contribution in [-0.4, -0.2) is 23.7 Å². The first kappa shape index (κ1) is 16.0. The highest BCUT2D eigenvalue weighted by Crippen LogP contribution is 2.25. The molecular formula is C18H22N2O2. The van der Waals surface area contributed by atoms with E-state index >= 15 is 0 Å². The smallest absolute Gasteiger partial charge is 0.253 e. The van der Waals surface area contributed by atoms with Crippen LogP contribution in [0.4, 0.5) is 11.4 Å². The molecule has 4 heteroatoms. The number of amides is 1. The molecule has 0 saturated carbocycles. The number of aliphatic hydroxyl groups excluding tert-OH is 1. The van der Waals surface area contributed by atoms with Crippen LogP contribution in [0.1, 0.15) is 28.4 Å². The van der Waals surface area contributed by atoms with Gasteiger partial charge in [0, 0.05) is 12.2 Å². The van der Waals surface area contributed by atoms with Gasteiger partial charge >= 0.3 is 0 Å². The Bertz CT molecular complexity index is 666. The van der Waals surface area contributed by atoms with E-state index in [1.807, 2.05) is 37.3 Å². The zero-order valence-corrected chi connectivity index (χ0v) is 13.2. The third-order valence-corrected chi connectivity index (χ3v) is 3.60. The first-order valence-electron chi connectivity index (χ1n) is 7.37. The van der Waals surface area contributed by atoms with Crippen LogP contribution in [0.5, 0.6) is 0 Å². The molecule has 3 N–H and O–H groups in total. The zero-order valence-electron chi connectivity index (χ0n) is 13.2. The van der Waals surface area contributed by atoms with Gasteiger partial charge in [-0.3, -0.25) is 4.79 Å². The fourth-order valence-electron chi connectivity index (χ4n) is 2.16. The maximum Gasteiger partial charge on any atom is 0.253 e. The number of para-hydroxylation sites is 1. The lowest BCUT2D eigenvalue weighted by atomic mass is 10.1. The highest BCUT2D eigenvalue weighted by molar-refractivity contribution is 6.00. The Kier molecular flexibility index (Phi) is 5.17. The Morgan fingerprint density at radius 2 is 1.77 bits per heavy atom. The van der Waals surface area contributed by atoms with Crippen molar-refractivity contribution in [1.82, 2.24) is 5.32 Å². The van der Waals surface area contributed by atoms with Crippen molar-refractivity contribution < 1.29 is 9.90 Å². The SMILES string of the molecule is Cc1cccc(Nc2ccccc2C(=O)NC[C@@H](C)O)c1C. The molecule has 0 aliphatic heterocycles. The van der Waals surface area contributed by atoms with Gasteiger partial charge in [-0.25, -0.2) is 0 Å². The second-order valence-electron chi connectivity index (χ2n) is 5.48. The molecule has 22 heavy (non-hydrogen) atoms. The summed E-state index contributed by atoms with van der Waals surface area (Å²) in [4.78, 5) is 12.2. The van der Waals surface area contributed by atoms with E-state index in [4.69, 9.17) is 0 Å². The van der Waals surface area contributed by atoms with Gasteiger partial charge in [-0.15, -0.1) is 0 Å². The predicted octanol–water partition coefficient (Wildman–Crippen LogP) is 3.16. The second-order valence-corrected chi connectivity index (χ2v) is 5.48. The molecule has 0 fully saturated rings. The Balaban J connectivity index is 2.25. The number of benzene rings is 2. The van der Waals surface area contributed by atoms with Crippen LogP contribution in [0.15, 0.2) is 42.5 Å². The Hall–Kier alpha value is -2.33. The standard InChI is InChI=1S/C18H22N2O2/c1-12-7-6-10-16(14(12)3)20-17-9-5-4-8-15(17)18(22)19-11-13(2)21/h4-10,13,20-21H,11H2,1-3H3,(H,19,22)/t13-/m1/s1. The number of hydrogen-bond donors (Lipinski definition) is 3. The molecule has 0 aliphatic rings. The van der Waals surface area contributed by atoms with Gasteiger partial charge in [-0.2, -0.15) is 0 Å². The van der Waals surface area contributed by atoms with E-state index in [9.17, 15) is 9.90 Å². The van der Waals surface area contributed by atoms with Gasteiger partial charge in [0.15, 0.2) is 0 Å². The van der Waals surface area contributed by atoms with Gasteiger partial charge in [-0.1, -0.05) is 24.3 Å². The lowest BCUT2D eigenvalue weighted by molar-refractivity contribution is 0.0925. The lowest BCUT2D eigenvalue weighted by Gasteiger charge is -2.15. The highest BCUT2D eigenvalue weighted by Gasteiger charge is 2.12. The van der Waals surface area contributed by atoms with E-state index in [0.29, 0.717) is 5.56 Å². The molecule has 4 nitrogen and oxygen atoms in total. The molecule has 0 unspecified atom stereocenters. The Morgan fingerprint density at radius 1 is 1.09 bits per heavy atom. The van der Waals surface area contributed by atoms with Gasteiger partial charge in [0.05, 0.1) is 17.4 Å². The summed E-state index contributed by atoms with van der Waals surface area (Å²) < 4.78 is 0. The molecule has 116 valence electrons. The summed E-state index contributed by atoms with van der Waals surface area (Å²) in [5.41, 5.74) is 4.64. The first-order chi connectivity index (χ1) is 10.5. The van der Waals surface area contributed by atoms with Crippen LogP contribution in [0.3, 0.4) is 0 Å². The summed E-state index contributed by atoms with van der Waals surface area (Å²) in [5.74, 6) is -0.200. The van der Waals surface area contributed by atoms with Crippen LogP contribution in [0, 0.1) is 13.8 Å². The molecule has 0 heterocycles. The number of aryl methyl sites for hydroxylation is 1. The minimum atomic E-state index is -0.567. The van der Waals surface area contributed by atoms with E-state index in [0.717, 1.165) is 16.9 Å². The molecule has 0 bridgehead atoms. The lowest BCUT2D eigenvalue weighted by Crippen LogP contribution is -2.30. The maximum absolute atomic E-state index is 12.2. The molecule has 0 spiro atoms. The van der Waals surface area contributed by atoms with E-state index in [2.05, 4.69) is 23.6 Å². The van der Waals surface area contributed by atoms with Gasteiger partial charge in [0.1, 0.15) is 0 Å². The number of nitrogens with one attached hydrogen (secondary N) is 2. The summed E-state index contributed by atoms with van der Waals surface area (Å²) in [6.45, 7) is 5.98. The number of anilines is 2. The largest absolute Gasteiger partial charge is 0.392 e. The van der Waals surface area contributed by atoms with Crippen LogP contribution in [-0.2, 0) is 0 Å². The Morgan fingerprint density at radius 3 is 2.50 bits per heavy atom. The molecule has 2 aromatic carbocycles. The van der Waals surface area contributed by atoms with Crippen molar-refractivity contribution in [2.45, 2.75) is 26.9 Å². The summed E-state index contributed by atoms with van der Waals surface area (Å²) >= 11 is 0. The molecule has 1 amide bonds. The van der Waals surface area contributed by atoms with Crippen molar-refractivity contribution >= 4 is 17.3 Å². The third kappa shape index (κ3) is 3.86. The van der Waals surface area contributed by atoms with Crippen molar-refractivity contribution in [1.29, 1.82) is 0 Å². The molecule has 1 atom stereocenters. The van der Waals surface area contributed by atoms with E-state index in [1.54, 1.807) is 13.0 Å². The van der Waals surface area contributed by atoms with Crippen LogP contribution < -0.4 is 10.6 Å². The highest BCUT2D eigenvalue weighted by atomic mass is 16.3. The van der Waals surface area contributed by atoms with Crippen molar-refractivity contribution in [2.24, 2.45) is 0 Å². The second kappa shape index (κ2) is 7.09. The number of rotatable bonds is 5. The summed E-state index contributed by atoms with van der Waals surface area (Å²) in [6, 6.07) is 13.4. The van der Waals surface area contributed by atoms with Crippen LogP contribution in [0.25, 0.3) is 0 Å². The topological polar surface area (TPSA) is 61.4 Å². The fourth-order valence-corrected chi connectivity index (χ4v) is 2.16. The number of hydrogen-bond acceptors (Lipinski definition) is 3. The number of carbonyl (C=O) groups is 1. The van der Waals surface area contributed by atoms with Crippen LogP contribution in [0.2, 0.25) is 0 Å². The molecule has 0 radical (unpaired) electrons. The minimum absolute atomic E-state index is 0.200. The zero-order chi connectivity index (χ0) is 16.1. The number of carbonyl (C=O) groups excluding carboxylic acids is 1. The molecule has 0 aliphatic carbocycles. The van der Waals surface area contributed by atoms with E-state index in [-0.39, 0.29) is 12.5 Å². The van der Waals surface area contributed by atoms with Gasteiger partial charge in [-0.05, 0) is 50.1 Å². The normalized spacial score (nSPS) is 11.8. The fraction of sp³-hybridized carbons (Fsp3) is 0.278. The van der Waals surface area contributed by atoms with Crippen molar-refractivity contribution in [3.63, 3.8) is 0 Å². The molecule has 2 rings (SSSR count). The van der Waals surface area contributed by atoms with Crippen molar-refractivity contribution in [3.8, 4) is 0 Å². The van der Waals surface area contributed by atoms with Gasteiger partial charge in [0.25, 0.3) is 5.91 Å². The molecule has 2 aromatic rings. The maximum atomic E-state index is 12.2. The quantitative estimate of drug-likeness (QED) is 0.794. The monoisotopic (exact) mass is 298 g/mol. The van der Waals surface area contributed by atoms with Gasteiger partial charge < -0.3 is 15.7 Å². The van der Waals surface area contributed by atoms with Crippen LogP contribution >= 0.6 is 0 Å². The summed E-state index contributed by atoms with van der Waals surface area (Å²) in [5, 5.41) is 15.3.